The molecule has 32 heavy (non-hydrogen) atoms. The van der Waals surface area contributed by atoms with Crippen molar-refractivity contribution in [1.82, 2.24) is 0 Å². The number of hydrogen-bond acceptors (Lipinski definition) is 8. The van der Waals surface area contributed by atoms with E-state index in [2.05, 4.69) is 6.08 Å². The van der Waals surface area contributed by atoms with Gasteiger partial charge in [0, 0.05) is 32.1 Å². The van der Waals surface area contributed by atoms with Crippen molar-refractivity contribution in [2.24, 2.45) is 23.7 Å². The Balaban J connectivity index is 2.14. The van der Waals surface area contributed by atoms with Crippen molar-refractivity contribution >= 4 is 23.9 Å². The number of carbonyl (C=O) groups is 4. The van der Waals surface area contributed by atoms with E-state index in [0.29, 0.717) is 12.8 Å². The van der Waals surface area contributed by atoms with Crippen molar-refractivity contribution < 1.29 is 38.1 Å². The summed E-state index contributed by atoms with van der Waals surface area (Å²) in [4.78, 5) is 49.8. The molecule has 0 radical (unpaired) electrons. The number of ether oxygens (including phenoxy) is 4. The first-order valence-corrected chi connectivity index (χ1v) is 11.3. The Morgan fingerprint density at radius 3 is 2.38 bits per heavy atom. The number of allylic oxidation sites excluding steroid dienone is 1. The van der Waals surface area contributed by atoms with Crippen LogP contribution < -0.4 is 0 Å². The predicted molar refractivity (Wildman–Crippen MR) is 113 cm³/mol. The van der Waals surface area contributed by atoms with E-state index >= 15 is 0 Å². The van der Waals surface area contributed by atoms with Gasteiger partial charge in [0.25, 0.3) is 0 Å². The van der Waals surface area contributed by atoms with Crippen LogP contribution in [0.1, 0.15) is 67.7 Å². The molecule has 0 aromatic heterocycles. The average molecular weight is 451 g/mol. The second kappa shape index (κ2) is 8.52. The van der Waals surface area contributed by atoms with Crippen LogP contribution in [0.3, 0.4) is 0 Å². The molecule has 1 saturated heterocycles. The Bertz CT molecular complexity index is 847. The summed E-state index contributed by atoms with van der Waals surface area (Å²) >= 11 is 0. The van der Waals surface area contributed by atoms with Crippen LogP contribution in [0.2, 0.25) is 0 Å². The van der Waals surface area contributed by atoms with E-state index in [1.165, 1.54) is 20.8 Å². The lowest BCUT2D eigenvalue weighted by molar-refractivity contribution is -0.184. The van der Waals surface area contributed by atoms with Gasteiger partial charge in [-0.2, -0.15) is 0 Å². The van der Waals surface area contributed by atoms with Gasteiger partial charge in [-0.25, -0.2) is 4.79 Å². The first kappa shape index (κ1) is 24.3. The van der Waals surface area contributed by atoms with Gasteiger partial charge in [0.05, 0.1) is 11.8 Å². The Morgan fingerprint density at radius 1 is 1.19 bits per heavy atom. The average Bonchev–Trinajstić information content (AvgIpc) is 3.14. The molecule has 3 rings (SSSR count). The molecule has 2 fully saturated rings. The Kier molecular flexibility index (Phi) is 6.46. The topological polar surface area (TPSA) is 105 Å². The van der Waals surface area contributed by atoms with E-state index in [4.69, 9.17) is 18.9 Å². The van der Waals surface area contributed by atoms with Crippen molar-refractivity contribution in [2.75, 3.05) is 0 Å². The van der Waals surface area contributed by atoms with Gasteiger partial charge in [-0.05, 0) is 33.6 Å². The van der Waals surface area contributed by atoms with E-state index < -0.39 is 53.2 Å². The summed E-state index contributed by atoms with van der Waals surface area (Å²) in [5.74, 6) is -3.63. The maximum absolute atomic E-state index is 13.0. The minimum absolute atomic E-state index is 0.168. The highest BCUT2D eigenvalue weighted by atomic mass is 16.6. The predicted octanol–water partition coefficient (Wildman–Crippen LogP) is 3.12. The van der Waals surface area contributed by atoms with Gasteiger partial charge in [-0.15, -0.1) is 0 Å². The Labute approximate surface area is 189 Å². The maximum Gasteiger partial charge on any atom is 0.351 e. The van der Waals surface area contributed by atoms with Crippen molar-refractivity contribution in [3.63, 3.8) is 0 Å². The lowest BCUT2D eigenvalue weighted by atomic mass is 9.75. The molecule has 1 unspecified atom stereocenters. The van der Waals surface area contributed by atoms with Crippen LogP contribution in [0, 0.1) is 23.7 Å². The number of esters is 4. The molecule has 0 aromatic carbocycles. The second-order valence-electron chi connectivity index (χ2n) is 9.81. The Morgan fingerprint density at radius 2 is 1.81 bits per heavy atom. The van der Waals surface area contributed by atoms with Crippen molar-refractivity contribution in [1.29, 1.82) is 0 Å². The van der Waals surface area contributed by atoms with Crippen LogP contribution in [0.5, 0.6) is 0 Å². The maximum atomic E-state index is 13.0. The molecule has 0 N–H and O–H groups in total. The highest BCUT2D eigenvalue weighted by Crippen LogP contribution is 2.56. The molecule has 1 saturated carbocycles. The fraction of sp³-hybridized carbons (Fsp3) is 0.750. The smallest absolute Gasteiger partial charge is 0.351 e. The van der Waals surface area contributed by atoms with Gasteiger partial charge in [-0.1, -0.05) is 25.5 Å². The van der Waals surface area contributed by atoms with Crippen LogP contribution >= 0.6 is 0 Å². The first-order chi connectivity index (χ1) is 14.8. The van der Waals surface area contributed by atoms with E-state index in [1.54, 1.807) is 6.92 Å². The molecule has 0 bridgehead atoms. The molecule has 8 nitrogen and oxygen atoms in total. The number of hydrogen-bond donors (Lipinski definition) is 0. The number of fused-ring (bicyclic) bond motifs is 3. The summed E-state index contributed by atoms with van der Waals surface area (Å²) in [6.45, 7) is 11.5. The van der Waals surface area contributed by atoms with Crippen LogP contribution in [-0.4, -0.2) is 47.3 Å². The summed E-state index contributed by atoms with van der Waals surface area (Å²) in [6, 6.07) is 0. The third kappa shape index (κ3) is 4.04. The summed E-state index contributed by atoms with van der Waals surface area (Å²) in [6.07, 6.45) is 1.94. The largest absolute Gasteiger partial charge is 0.461 e. The van der Waals surface area contributed by atoms with Gasteiger partial charge >= 0.3 is 23.9 Å². The van der Waals surface area contributed by atoms with Gasteiger partial charge in [-0.3, -0.25) is 14.4 Å². The van der Waals surface area contributed by atoms with E-state index in [1.807, 2.05) is 20.8 Å². The lowest BCUT2D eigenvalue weighted by Crippen LogP contribution is -2.51. The zero-order valence-corrected chi connectivity index (χ0v) is 19.9. The summed E-state index contributed by atoms with van der Waals surface area (Å²) < 4.78 is 23.2. The summed E-state index contributed by atoms with van der Waals surface area (Å²) in [7, 11) is 0. The normalized spacial score (nSPS) is 39.0. The fourth-order valence-electron chi connectivity index (χ4n) is 5.74. The zero-order valence-electron chi connectivity index (χ0n) is 19.9. The minimum atomic E-state index is -1.62. The van der Waals surface area contributed by atoms with Gasteiger partial charge in [0.1, 0.15) is 17.8 Å². The van der Waals surface area contributed by atoms with Crippen LogP contribution in [0.15, 0.2) is 11.6 Å². The quantitative estimate of drug-likeness (QED) is 0.357. The third-order valence-corrected chi connectivity index (χ3v) is 7.45. The standard InChI is InChI=1S/C24H34O8/c1-8-12(2)21(27)29-17-11-23(6,31-14(4)25)16-10-9-13(3)18(16)20-19(17)24(7,22(28)30-20)32-15(5)26/h9,12,16-20H,8,10-11H2,1-7H3/t12?,16-,17-,18+,19+,20-,23-,24-/m0/s1. The molecule has 178 valence electrons. The van der Waals surface area contributed by atoms with Gasteiger partial charge < -0.3 is 18.9 Å². The Hall–Kier alpha value is -2.38. The molecule has 3 aliphatic rings. The number of rotatable bonds is 5. The van der Waals surface area contributed by atoms with Crippen molar-refractivity contribution in [2.45, 2.75) is 91.1 Å². The van der Waals surface area contributed by atoms with Crippen LogP contribution in [-0.2, 0) is 38.1 Å². The first-order valence-electron chi connectivity index (χ1n) is 11.3. The lowest BCUT2D eigenvalue weighted by Gasteiger charge is -2.39. The summed E-state index contributed by atoms with van der Waals surface area (Å²) in [5.41, 5.74) is -1.57. The van der Waals surface area contributed by atoms with Gasteiger partial charge in [0.2, 0.25) is 5.60 Å². The number of carbonyl (C=O) groups excluding carboxylic acids is 4. The van der Waals surface area contributed by atoms with E-state index in [-0.39, 0.29) is 24.2 Å². The molecule has 1 heterocycles. The fourth-order valence-corrected chi connectivity index (χ4v) is 5.74. The third-order valence-electron chi connectivity index (χ3n) is 7.45. The minimum Gasteiger partial charge on any atom is -0.461 e. The molecular weight excluding hydrogens is 416 g/mol. The molecule has 8 atom stereocenters. The molecule has 0 aromatic rings. The van der Waals surface area contributed by atoms with Crippen molar-refractivity contribution in [3.05, 3.63) is 11.6 Å². The van der Waals surface area contributed by atoms with Crippen molar-refractivity contribution in [3.8, 4) is 0 Å². The van der Waals surface area contributed by atoms with Gasteiger partial charge in [0.15, 0.2) is 0 Å². The van der Waals surface area contributed by atoms with Crippen LogP contribution in [0.25, 0.3) is 0 Å². The second-order valence-corrected chi connectivity index (χ2v) is 9.81. The molecule has 8 heteroatoms. The molecule has 2 aliphatic carbocycles. The summed E-state index contributed by atoms with van der Waals surface area (Å²) in [5, 5.41) is 0. The molecule has 0 amide bonds. The van der Waals surface area contributed by atoms with E-state index in [0.717, 1.165) is 5.57 Å². The van der Waals surface area contributed by atoms with E-state index in [9.17, 15) is 19.2 Å². The molecule has 0 spiro atoms. The van der Waals surface area contributed by atoms with Crippen LogP contribution in [0.4, 0.5) is 0 Å². The zero-order chi connectivity index (χ0) is 24.0. The molecule has 1 aliphatic heterocycles. The molecular formula is C24H34O8. The highest BCUT2D eigenvalue weighted by molar-refractivity contribution is 5.85. The monoisotopic (exact) mass is 450 g/mol. The SMILES string of the molecule is CCC(C)C(=O)O[C@H]1C[C@](C)(OC(C)=O)[C@H]2CC=C(C)[C@H]2[C@@H]2OC(=O)[C@@](C)(OC(C)=O)[C@@H]21. The highest BCUT2D eigenvalue weighted by Gasteiger charge is 2.68.